The number of aromatic nitrogens is 1. The second-order valence-corrected chi connectivity index (χ2v) is 8.62. The van der Waals surface area contributed by atoms with Gasteiger partial charge in [0.1, 0.15) is 5.58 Å². The molecule has 0 aliphatic carbocycles. The topological polar surface area (TPSA) is 58.4 Å². The first kappa shape index (κ1) is 17.4. The van der Waals surface area contributed by atoms with Crippen LogP contribution < -0.4 is 15.8 Å². The predicted molar refractivity (Wildman–Crippen MR) is 115 cm³/mol. The number of fused-ring (bicyclic) bond motifs is 2. The first-order chi connectivity index (χ1) is 13.6. The van der Waals surface area contributed by atoms with Crippen LogP contribution in [0.1, 0.15) is 13.8 Å². The Morgan fingerprint density at radius 2 is 1.96 bits per heavy atom. The number of benzene rings is 1. The molecule has 4 heterocycles. The van der Waals surface area contributed by atoms with E-state index in [2.05, 4.69) is 35.1 Å². The van der Waals surface area contributed by atoms with Gasteiger partial charge in [0.05, 0.1) is 15.8 Å². The summed E-state index contributed by atoms with van der Waals surface area (Å²) in [6.45, 7) is 6.26. The summed E-state index contributed by atoms with van der Waals surface area (Å²) in [6.07, 6.45) is 1.76. The Morgan fingerprint density at radius 3 is 2.75 bits per heavy atom. The van der Waals surface area contributed by atoms with Crippen molar-refractivity contribution in [2.45, 2.75) is 25.9 Å². The Morgan fingerprint density at radius 1 is 1.14 bits per heavy atom. The van der Waals surface area contributed by atoms with E-state index in [9.17, 15) is 4.79 Å². The average molecular weight is 391 g/mol. The van der Waals surface area contributed by atoms with Crippen molar-refractivity contribution in [2.24, 2.45) is 0 Å². The lowest BCUT2D eigenvalue weighted by Crippen LogP contribution is -2.54. The molecule has 0 amide bonds. The second-order valence-electron chi connectivity index (χ2n) is 7.54. The Hall–Kier alpha value is -2.70. The Bertz CT molecular complexity index is 1190. The lowest BCUT2D eigenvalue weighted by Gasteiger charge is -2.37. The van der Waals surface area contributed by atoms with Gasteiger partial charge in [-0.05, 0) is 50.2 Å². The van der Waals surface area contributed by atoms with Gasteiger partial charge >= 0.3 is 5.63 Å². The van der Waals surface area contributed by atoms with E-state index < -0.39 is 0 Å². The smallest absolute Gasteiger partial charge is 0.345 e. The van der Waals surface area contributed by atoms with Crippen LogP contribution in [0.5, 0.6) is 0 Å². The number of rotatable bonds is 2. The Balaban J connectivity index is 1.55. The van der Waals surface area contributed by atoms with Gasteiger partial charge in [0.25, 0.3) is 0 Å². The molecule has 6 heteroatoms. The first-order valence-electron chi connectivity index (χ1n) is 9.51. The van der Waals surface area contributed by atoms with Crippen molar-refractivity contribution in [3.05, 3.63) is 59.1 Å². The molecule has 28 heavy (non-hydrogen) atoms. The summed E-state index contributed by atoms with van der Waals surface area (Å²) in [7, 11) is 0. The molecule has 0 spiro atoms. The van der Waals surface area contributed by atoms with Gasteiger partial charge in [-0.2, -0.15) is 0 Å². The molecule has 5 rings (SSSR count). The molecule has 2 atom stereocenters. The minimum absolute atomic E-state index is 0.307. The van der Waals surface area contributed by atoms with Crippen molar-refractivity contribution in [1.29, 1.82) is 0 Å². The molecule has 0 unspecified atom stereocenters. The van der Waals surface area contributed by atoms with Gasteiger partial charge in [-0.1, -0.05) is 0 Å². The maximum atomic E-state index is 12.7. The van der Waals surface area contributed by atoms with Crippen molar-refractivity contribution in [3.63, 3.8) is 0 Å². The molecule has 5 nitrogen and oxygen atoms in total. The summed E-state index contributed by atoms with van der Waals surface area (Å²) in [5.41, 5.74) is 2.91. The summed E-state index contributed by atoms with van der Waals surface area (Å²) in [4.78, 5) is 20.3. The maximum absolute atomic E-state index is 12.7. The largest absolute Gasteiger partial charge is 0.422 e. The molecule has 0 saturated carbocycles. The molecule has 1 aliphatic heterocycles. The lowest BCUT2D eigenvalue weighted by molar-refractivity contribution is 0.407. The van der Waals surface area contributed by atoms with E-state index in [1.165, 1.54) is 0 Å². The number of nitrogens with zero attached hydrogens (tertiary/aromatic N) is 2. The van der Waals surface area contributed by atoms with Crippen molar-refractivity contribution in [1.82, 2.24) is 10.3 Å². The highest BCUT2D eigenvalue weighted by Crippen LogP contribution is 2.32. The number of thiophene rings is 1. The minimum atomic E-state index is -0.307. The van der Waals surface area contributed by atoms with Gasteiger partial charge < -0.3 is 14.6 Å². The summed E-state index contributed by atoms with van der Waals surface area (Å²) >= 11 is 1.56. The highest BCUT2D eigenvalue weighted by Gasteiger charge is 2.21. The quantitative estimate of drug-likeness (QED) is 0.518. The molecule has 0 bridgehead atoms. The fourth-order valence-corrected chi connectivity index (χ4v) is 5.03. The third-order valence-electron chi connectivity index (χ3n) is 5.20. The molecule has 1 aliphatic rings. The van der Waals surface area contributed by atoms with Gasteiger partial charge in [-0.15, -0.1) is 11.3 Å². The molecule has 142 valence electrons. The number of hydrogen-bond donors (Lipinski definition) is 1. The van der Waals surface area contributed by atoms with Crippen molar-refractivity contribution in [2.75, 3.05) is 18.0 Å². The van der Waals surface area contributed by atoms with E-state index in [0.29, 0.717) is 23.2 Å². The molecule has 4 aromatic rings. The third kappa shape index (κ3) is 3.08. The number of hydrogen-bond acceptors (Lipinski definition) is 6. The van der Waals surface area contributed by atoms with E-state index in [1.807, 2.05) is 36.4 Å². The van der Waals surface area contributed by atoms with Gasteiger partial charge in [0.15, 0.2) is 0 Å². The van der Waals surface area contributed by atoms with E-state index >= 15 is 0 Å². The summed E-state index contributed by atoms with van der Waals surface area (Å²) in [6, 6.07) is 14.8. The van der Waals surface area contributed by atoms with E-state index in [0.717, 1.165) is 39.3 Å². The van der Waals surface area contributed by atoms with Crippen LogP contribution in [0.15, 0.2) is 57.9 Å². The number of nitrogens with one attached hydrogen (secondary N) is 1. The van der Waals surface area contributed by atoms with Gasteiger partial charge in [-0.3, -0.25) is 4.98 Å². The first-order valence-corrected chi connectivity index (χ1v) is 10.3. The molecular weight excluding hydrogens is 370 g/mol. The van der Waals surface area contributed by atoms with E-state index in [1.54, 1.807) is 17.5 Å². The van der Waals surface area contributed by atoms with E-state index in [-0.39, 0.29) is 5.63 Å². The Kier molecular flexibility index (Phi) is 4.18. The summed E-state index contributed by atoms with van der Waals surface area (Å²) in [5, 5.41) is 4.47. The molecule has 3 aromatic heterocycles. The molecule has 1 fully saturated rings. The van der Waals surface area contributed by atoms with Crippen LogP contribution in [-0.2, 0) is 0 Å². The van der Waals surface area contributed by atoms with Crippen molar-refractivity contribution < 1.29 is 4.42 Å². The van der Waals surface area contributed by atoms with Gasteiger partial charge in [-0.25, -0.2) is 4.79 Å². The predicted octanol–water partition coefficient (Wildman–Crippen LogP) is 4.26. The number of anilines is 1. The number of pyridine rings is 1. The highest BCUT2D eigenvalue weighted by molar-refractivity contribution is 7.22. The van der Waals surface area contributed by atoms with Crippen LogP contribution in [-0.4, -0.2) is 30.2 Å². The van der Waals surface area contributed by atoms with Crippen LogP contribution in [0.4, 0.5) is 5.69 Å². The van der Waals surface area contributed by atoms with Crippen LogP contribution in [0.25, 0.3) is 31.6 Å². The van der Waals surface area contributed by atoms with E-state index in [4.69, 9.17) is 4.42 Å². The van der Waals surface area contributed by atoms with Crippen LogP contribution in [0.2, 0.25) is 0 Å². The second kappa shape index (κ2) is 6.72. The lowest BCUT2D eigenvalue weighted by atomic mass is 10.1. The minimum Gasteiger partial charge on any atom is -0.422 e. The molecule has 1 aromatic carbocycles. The molecule has 0 radical (unpaired) electrons. The Labute approximate surface area is 166 Å². The standard InChI is InChI=1S/C22H21N3O2S/c1-13-11-25(12-14(2)24-13)16-6-5-15-8-17(22(26)27-19(15)9-16)21-10-18-20(28-21)4-3-7-23-18/h3-10,13-14,24H,11-12H2,1-2H3/t13-,14+. The fourth-order valence-electron chi connectivity index (χ4n) is 4.01. The van der Waals surface area contributed by atoms with Crippen LogP contribution in [0, 0.1) is 0 Å². The third-order valence-corrected chi connectivity index (χ3v) is 6.32. The summed E-state index contributed by atoms with van der Waals surface area (Å²) < 4.78 is 6.78. The maximum Gasteiger partial charge on any atom is 0.345 e. The fraction of sp³-hybridized carbons (Fsp3) is 0.273. The van der Waals surface area contributed by atoms with Crippen LogP contribution >= 0.6 is 11.3 Å². The zero-order chi connectivity index (χ0) is 19.3. The number of piperazine rings is 1. The van der Waals surface area contributed by atoms with Gasteiger partial charge in [0.2, 0.25) is 0 Å². The molecular formula is C22H21N3O2S. The average Bonchev–Trinajstić information content (AvgIpc) is 3.10. The molecule has 1 N–H and O–H groups in total. The zero-order valence-corrected chi connectivity index (χ0v) is 16.6. The van der Waals surface area contributed by atoms with Crippen molar-refractivity contribution >= 4 is 38.2 Å². The van der Waals surface area contributed by atoms with Crippen molar-refractivity contribution in [3.8, 4) is 10.4 Å². The SMILES string of the molecule is C[C@@H]1CN(c2ccc3cc(-c4cc5ncccc5s4)c(=O)oc3c2)C[C@H](C)N1. The zero-order valence-electron chi connectivity index (χ0n) is 15.8. The van der Waals surface area contributed by atoms with Crippen LogP contribution in [0.3, 0.4) is 0 Å². The monoisotopic (exact) mass is 391 g/mol. The normalized spacial score (nSPS) is 20.1. The molecule has 1 saturated heterocycles. The van der Waals surface area contributed by atoms with Gasteiger partial charge in [0, 0.05) is 53.4 Å². The summed E-state index contributed by atoms with van der Waals surface area (Å²) in [5.74, 6) is 0. The highest BCUT2D eigenvalue weighted by atomic mass is 32.1.